The predicted octanol–water partition coefficient (Wildman–Crippen LogP) is 0.831. The molecule has 2 aromatic rings. The number of aliphatic hydroxyl groups excluding tert-OH is 2. The summed E-state index contributed by atoms with van der Waals surface area (Å²) < 4.78 is 28.5. The predicted molar refractivity (Wildman–Crippen MR) is 156 cm³/mol. The van der Waals surface area contributed by atoms with E-state index in [0.29, 0.717) is 11.3 Å². The maximum atomic E-state index is 14.1. The fraction of sp³-hybridized carbons (Fsp3) is 0.345. The van der Waals surface area contributed by atoms with Gasteiger partial charge in [-0.15, -0.1) is 0 Å². The fourth-order valence-corrected chi connectivity index (χ4v) is 7.65. The van der Waals surface area contributed by atoms with Gasteiger partial charge in [-0.25, -0.2) is 8.42 Å². The summed E-state index contributed by atoms with van der Waals surface area (Å²) >= 11 is 0. The maximum absolute atomic E-state index is 14.1. The first-order chi connectivity index (χ1) is 20.0. The molecule has 0 aliphatic heterocycles. The number of nitrogens with two attached hydrogens (primary N) is 1. The van der Waals surface area contributed by atoms with Crippen LogP contribution in [0.5, 0.6) is 5.75 Å². The molecule has 0 radical (unpaired) electrons. The Kier molecular flexibility index (Phi) is 7.07. The zero-order chi connectivity index (χ0) is 31.8. The summed E-state index contributed by atoms with van der Waals surface area (Å²) in [5.74, 6) is -7.88. The molecular weight excluding hydrogens is 580 g/mol. The number of phenolic OH excluding ortho intramolecular Hbond substituents is 1. The quantitative estimate of drug-likeness (QED) is 0.199. The van der Waals surface area contributed by atoms with Gasteiger partial charge in [0.15, 0.2) is 17.1 Å². The van der Waals surface area contributed by atoms with Gasteiger partial charge in [-0.3, -0.25) is 24.0 Å². The van der Waals surface area contributed by atoms with Crippen LogP contribution in [0.4, 0.5) is 11.4 Å². The lowest BCUT2D eigenvalue weighted by Gasteiger charge is -2.50. The minimum Gasteiger partial charge on any atom is -0.508 e. The standard InChI is InChI=1S/C29H32N4O9S/c1-32(2)18-12-17(31-43(41,42)14-8-6-5-7-9-14)23(34)20-15(18)10-13-11-16-22(33(3)4)25(36)21(28(30)39)27(38)29(16,40)26(37)19(13)24(20)35/h5-9,12-13,16,22,31,34-35,38,40H,10-11H2,1-4H3,(H2,30,39)/t13-,16-,22-,29+/m0/s1. The number of aliphatic hydroxyl groups is 3. The highest BCUT2D eigenvalue weighted by molar-refractivity contribution is 7.92. The molecule has 0 bridgehead atoms. The van der Waals surface area contributed by atoms with Crippen molar-refractivity contribution in [3.63, 3.8) is 0 Å². The molecule has 1 amide bonds. The van der Waals surface area contributed by atoms with Crippen LogP contribution in [0.1, 0.15) is 17.5 Å². The number of carbonyl (C=O) groups is 3. The Morgan fingerprint density at radius 3 is 2.26 bits per heavy atom. The number of aromatic hydroxyl groups is 1. The fourth-order valence-electron chi connectivity index (χ4n) is 6.57. The van der Waals surface area contributed by atoms with Gasteiger partial charge in [-0.1, -0.05) is 18.2 Å². The molecule has 1 fully saturated rings. The smallest absolute Gasteiger partial charge is 0.262 e. The van der Waals surface area contributed by atoms with Gasteiger partial charge in [-0.05, 0) is 56.6 Å². The molecule has 14 heteroatoms. The van der Waals surface area contributed by atoms with Gasteiger partial charge < -0.3 is 31.1 Å². The summed E-state index contributed by atoms with van der Waals surface area (Å²) in [6.45, 7) is 0. The highest BCUT2D eigenvalue weighted by atomic mass is 32.2. The van der Waals surface area contributed by atoms with Gasteiger partial charge in [0.25, 0.3) is 15.9 Å². The van der Waals surface area contributed by atoms with Crippen molar-refractivity contribution >= 4 is 44.6 Å². The Hall–Kier alpha value is -4.40. The van der Waals surface area contributed by atoms with Crippen molar-refractivity contribution in [1.29, 1.82) is 0 Å². The molecule has 0 aromatic heterocycles. The minimum absolute atomic E-state index is 0.0569. The lowest BCUT2D eigenvalue weighted by Crippen LogP contribution is -2.65. The number of benzene rings is 2. The van der Waals surface area contributed by atoms with Crippen molar-refractivity contribution in [2.75, 3.05) is 37.8 Å². The van der Waals surface area contributed by atoms with Crippen molar-refractivity contribution in [3.05, 3.63) is 64.4 Å². The van der Waals surface area contributed by atoms with Gasteiger partial charge >= 0.3 is 0 Å². The number of phenols is 1. The van der Waals surface area contributed by atoms with Crippen LogP contribution in [-0.4, -0.2) is 91.1 Å². The summed E-state index contributed by atoms with van der Waals surface area (Å²) in [7, 11) is 2.23. The maximum Gasteiger partial charge on any atom is 0.262 e. The van der Waals surface area contributed by atoms with Gasteiger partial charge in [0, 0.05) is 31.3 Å². The van der Waals surface area contributed by atoms with E-state index in [0.717, 1.165) is 0 Å². The normalized spacial score (nSPS) is 25.3. The summed E-state index contributed by atoms with van der Waals surface area (Å²) in [4.78, 5) is 42.5. The highest BCUT2D eigenvalue weighted by Gasteiger charge is 2.64. The highest BCUT2D eigenvalue weighted by Crippen LogP contribution is 2.54. The second-order valence-electron chi connectivity index (χ2n) is 11.4. The SMILES string of the molecule is CN(C)c1cc(NS(=O)(=O)c2ccccc2)c(O)c2c1C[C@H]1C[C@H]3[C@H](N(C)C)C(=O)C(C(N)=O)=C(O)[C@]3(O)C(=O)C1=C2O. The molecule has 4 atom stereocenters. The van der Waals surface area contributed by atoms with E-state index in [1.165, 1.54) is 49.3 Å². The minimum atomic E-state index is -4.18. The summed E-state index contributed by atoms with van der Waals surface area (Å²) in [5, 5.41) is 45.7. The average molecular weight is 613 g/mol. The van der Waals surface area contributed by atoms with Crippen molar-refractivity contribution < 1.29 is 43.2 Å². The Morgan fingerprint density at radius 2 is 1.70 bits per heavy atom. The lowest BCUT2D eigenvalue weighted by molar-refractivity contribution is -0.153. The van der Waals surface area contributed by atoms with Gasteiger partial charge in [0.1, 0.15) is 17.1 Å². The van der Waals surface area contributed by atoms with Gasteiger partial charge in [0.2, 0.25) is 5.78 Å². The van der Waals surface area contributed by atoms with Crippen molar-refractivity contribution in [2.24, 2.45) is 17.6 Å². The number of fused-ring (bicyclic) bond motifs is 3. The topological polar surface area (TPSA) is 211 Å². The van der Waals surface area contributed by atoms with E-state index in [-0.39, 0.29) is 34.6 Å². The van der Waals surface area contributed by atoms with Crippen LogP contribution in [0, 0.1) is 11.8 Å². The third-order valence-electron chi connectivity index (χ3n) is 8.48. The number of hydrogen-bond donors (Lipinski definition) is 6. The van der Waals surface area contributed by atoms with Crippen molar-refractivity contribution in [3.8, 4) is 5.75 Å². The van der Waals surface area contributed by atoms with Crippen LogP contribution < -0.4 is 15.4 Å². The average Bonchev–Trinajstić information content (AvgIpc) is 2.92. The monoisotopic (exact) mass is 612 g/mol. The van der Waals surface area contributed by atoms with Gasteiger partial charge in [0.05, 0.1) is 22.2 Å². The summed E-state index contributed by atoms with van der Waals surface area (Å²) in [6, 6.07) is 7.64. The number of anilines is 2. The Morgan fingerprint density at radius 1 is 1.07 bits per heavy atom. The molecule has 0 spiro atoms. The van der Waals surface area contributed by atoms with E-state index in [4.69, 9.17) is 5.73 Å². The van der Waals surface area contributed by atoms with Crippen molar-refractivity contribution in [1.82, 2.24) is 4.90 Å². The van der Waals surface area contributed by atoms with E-state index in [1.807, 2.05) is 0 Å². The van der Waals surface area contributed by atoms with Gasteiger partial charge in [-0.2, -0.15) is 0 Å². The van der Waals surface area contributed by atoms with Crippen LogP contribution >= 0.6 is 0 Å². The van der Waals surface area contributed by atoms with E-state index in [9.17, 15) is 43.2 Å². The molecule has 0 heterocycles. The molecule has 1 saturated carbocycles. The number of hydrogen-bond acceptors (Lipinski definition) is 11. The number of sulfonamides is 1. The molecule has 0 unspecified atom stereocenters. The lowest BCUT2D eigenvalue weighted by atomic mass is 9.57. The van der Waals surface area contributed by atoms with E-state index >= 15 is 0 Å². The number of nitrogens with zero attached hydrogens (tertiary/aromatic N) is 2. The third-order valence-corrected chi connectivity index (χ3v) is 9.86. The van der Waals surface area contributed by atoms with Crippen molar-refractivity contribution in [2.45, 2.75) is 29.4 Å². The molecule has 43 heavy (non-hydrogen) atoms. The first-order valence-electron chi connectivity index (χ1n) is 13.3. The van der Waals surface area contributed by atoms with Crippen LogP contribution in [0.15, 0.2) is 58.2 Å². The Bertz CT molecular complexity index is 1750. The molecule has 0 saturated heterocycles. The zero-order valence-corrected chi connectivity index (χ0v) is 24.6. The largest absolute Gasteiger partial charge is 0.508 e. The number of nitrogens with one attached hydrogen (secondary N) is 1. The molecule has 228 valence electrons. The van der Waals surface area contributed by atoms with E-state index in [2.05, 4.69) is 4.72 Å². The number of primary amides is 1. The summed E-state index contributed by atoms with van der Waals surface area (Å²) in [5.41, 5.74) is 1.66. The number of carbonyl (C=O) groups excluding carboxylic acids is 3. The van der Waals surface area contributed by atoms with E-state index < -0.39 is 73.8 Å². The van der Waals surface area contributed by atoms with Crippen LogP contribution in [0.25, 0.3) is 5.76 Å². The van der Waals surface area contributed by atoms with Crippen LogP contribution in [0.3, 0.4) is 0 Å². The molecule has 3 aliphatic carbocycles. The summed E-state index contributed by atoms with van der Waals surface area (Å²) in [6.07, 6.45) is -0.0108. The number of Topliss-reactive ketones (excluding diaryl/α,β-unsaturated/α-hetero) is 2. The number of ketones is 2. The third kappa shape index (κ3) is 4.36. The second-order valence-corrected chi connectivity index (χ2v) is 13.1. The van der Waals surface area contributed by atoms with Crippen LogP contribution in [-0.2, 0) is 30.8 Å². The Labute approximate surface area is 247 Å². The molecular formula is C29H32N4O9S. The molecule has 7 N–H and O–H groups in total. The number of likely N-dealkylation sites (N-methyl/N-ethyl adjacent to an activating group) is 1. The first-order valence-corrected chi connectivity index (χ1v) is 14.8. The first kappa shape index (κ1) is 30.1. The second kappa shape index (κ2) is 10.1. The zero-order valence-electron chi connectivity index (χ0n) is 23.8. The molecule has 2 aromatic carbocycles. The Balaban J connectivity index is 1.72. The number of amides is 1. The molecule has 3 aliphatic rings. The molecule has 13 nitrogen and oxygen atoms in total. The van der Waals surface area contributed by atoms with E-state index in [1.54, 1.807) is 25.1 Å². The number of rotatable bonds is 6. The van der Waals surface area contributed by atoms with Crippen LogP contribution in [0.2, 0.25) is 0 Å². The molecule has 5 rings (SSSR count).